The number of halogens is 2. The molecule has 9 heavy (non-hydrogen) atoms. The van der Waals surface area contributed by atoms with Crippen LogP contribution in [0.2, 0.25) is 0 Å². The van der Waals surface area contributed by atoms with Crippen LogP contribution in [0, 0.1) is 5.82 Å². The van der Waals surface area contributed by atoms with Gasteiger partial charge in [-0.15, -0.1) is 0 Å². The molecule has 0 saturated heterocycles. The Balaban J connectivity index is -0.000000213. The Bertz CT molecular complexity index is 177. The van der Waals surface area contributed by atoms with Crippen molar-refractivity contribution in [1.29, 1.82) is 0 Å². The standard InChI is InChI=1S/C6H4BrF.Mg.2H/c7-5-3-1-2-4-6(5)8;;;/h1-4H;;;/q;+2;2*-1. The summed E-state index contributed by atoms with van der Waals surface area (Å²) in [7, 11) is 0. The zero-order valence-electron chi connectivity index (χ0n) is 6.77. The normalized spacial score (nSPS) is 8.22. The first-order valence-corrected chi connectivity index (χ1v) is 3.00. The van der Waals surface area contributed by atoms with E-state index in [9.17, 15) is 4.39 Å². The molecule has 0 aromatic heterocycles. The van der Waals surface area contributed by atoms with Gasteiger partial charge in [0.2, 0.25) is 0 Å². The van der Waals surface area contributed by atoms with Crippen molar-refractivity contribution < 1.29 is 7.24 Å². The summed E-state index contributed by atoms with van der Waals surface area (Å²) in [6.45, 7) is 0. The molecular weight excluding hydrogens is 195 g/mol. The fourth-order valence-corrected chi connectivity index (χ4v) is 0.724. The number of benzene rings is 1. The van der Waals surface area contributed by atoms with E-state index in [1.165, 1.54) is 6.07 Å². The van der Waals surface area contributed by atoms with Gasteiger partial charge >= 0.3 is 23.1 Å². The Morgan fingerprint density at radius 2 is 1.89 bits per heavy atom. The molecule has 1 rings (SSSR count). The van der Waals surface area contributed by atoms with Gasteiger partial charge in [0, 0.05) is 0 Å². The third kappa shape index (κ3) is 2.64. The van der Waals surface area contributed by atoms with Crippen LogP contribution in [-0.4, -0.2) is 23.1 Å². The fraction of sp³-hybridized carbons (Fsp3) is 0. The van der Waals surface area contributed by atoms with Crippen LogP contribution in [0.25, 0.3) is 0 Å². The van der Waals surface area contributed by atoms with Gasteiger partial charge in [-0.3, -0.25) is 0 Å². The van der Waals surface area contributed by atoms with Crippen molar-refractivity contribution >= 4 is 39.0 Å². The van der Waals surface area contributed by atoms with Crippen molar-refractivity contribution in [3.8, 4) is 0 Å². The van der Waals surface area contributed by atoms with E-state index >= 15 is 0 Å². The second-order valence-corrected chi connectivity index (χ2v) is 2.27. The van der Waals surface area contributed by atoms with E-state index in [-0.39, 0.29) is 31.7 Å². The van der Waals surface area contributed by atoms with Crippen LogP contribution < -0.4 is 0 Å². The minimum Gasteiger partial charge on any atom is -1.00 e. The van der Waals surface area contributed by atoms with Crippen molar-refractivity contribution in [2.24, 2.45) is 0 Å². The Morgan fingerprint density at radius 1 is 1.33 bits per heavy atom. The maximum absolute atomic E-state index is 12.3. The summed E-state index contributed by atoms with van der Waals surface area (Å²) < 4.78 is 12.8. The van der Waals surface area contributed by atoms with Gasteiger partial charge in [0.15, 0.2) is 0 Å². The summed E-state index contributed by atoms with van der Waals surface area (Å²) in [5.41, 5.74) is 0. The van der Waals surface area contributed by atoms with E-state index in [1.807, 2.05) is 0 Å². The molecule has 0 nitrogen and oxygen atoms in total. The largest absolute Gasteiger partial charge is 2.00 e. The first-order valence-electron chi connectivity index (χ1n) is 2.21. The third-order valence-electron chi connectivity index (χ3n) is 0.824. The van der Waals surface area contributed by atoms with E-state index in [0.717, 1.165) is 0 Å². The molecule has 0 spiro atoms. The third-order valence-corrected chi connectivity index (χ3v) is 1.47. The molecule has 0 bridgehead atoms. The molecule has 1 aromatic rings. The SMILES string of the molecule is Fc1ccccc1Br.[H-].[H-].[Mg+2]. The number of hydrogen-bond acceptors (Lipinski definition) is 0. The molecule has 0 heterocycles. The van der Waals surface area contributed by atoms with E-state index in [0.29, 0.717) is 4.47 Å². The smallest absolute Gasteiger partial charge is 1.00 e. The van der Waals surface area contributed by atoms with Gasteiger partial charge in [0.05, 0.1) is 4.47 Å². The summed E-state index contributed by atoms with van der Waals surface area (Å²) in [5, 5.41) is 0. The molecule has 0 aliphatic rings. The minimum atomic E-state index is -0.215. The molecule has 0 radical (unpaired) electrons. The Labute approximate surface area is 80.7 Å². The van der Waals surface area contributed by atoms with Gasteiger partial charge in [-0.2, -0.15) is 0 Å². The molecular formula is C6H6BrFMg. The predicted octanol–water partition coefficient (Wildman–Crippen LogP) is 2.43. The van der Waals surface area contributed by atoms with E-state index in [2.05, 4.69) is 15.9 Å². The molecule has 1 aromatic carbocycles. The molecule has 3 heteroatoms. The van der Waals surface area contributed by atoms with Crippen molar-refractivity contribution in [3.05, 3.63) is 34.6 Å². The molecule has 0 amide bonds. The Kier molecular flexibility index (Phi) is 4.44. The summed E-state index contributed by atoms with van der Waals surface area (Å²) in [4.78, 5) is 0. The maximum atomic E-state index is 12.3. The monoisotopic (exact) mass is 200 g/mol. The van der Waals surface area contributed by atoms with E-state index < -0.39 is 0 Å². The van der Waals surface area contributed by atoms with Gasteiger partial charge in [-0.25, -0.2) is 4.39 Å². The van der Waals surface area contributed by atoms with Gasteiger partial charge < -0.3 is 2.85 Å². The molecule has 0 aliphatic carbocycles. The topological polar surface area (TPSA) is 0 Å². The van der Waals surface area contributed by atoms with Crippen LogP contribution in [0.5, 0.6) is 0 Å². The zero-order valence-corrected chi connectivity index (χ0v) is 7.77. The number of rotatable bonds is 0. The Hall–Kier alpha value is 0.396. The average molecular weight is 201 g/mol. The summed E-state index contributed by atoms with van der Waals surface area (Å²) >= 11 is 3.02. The van der Waals surface area contributed by atoms with Crippen LogP contribution >= 0.6 is 15.9 Å². The summed E-state index contributed by atoms with van der Waals surface area (Å²) in [6.07, 6.45) is 0. The first-order chi connectivity index (χ1) is 3.80. The first kappa shape index (κ1) is 9.40. The van der Waals surface area contributed by atoms with Crippen LogP contribution in [0.3, 0.4) is 0 Å². The van der Waals surface area contributed by atoms with Crippen molar-refractivity contribution in [2.75, 3.05) is 0 Å². The molecule has 0 N–H and O–H groups in total. The summed E-state index contributed by atoms with van der Waals surface area (Å²) in [5.74, 6) is -0.215. The van der Waals surface area contributed by atoms with Crippen LogP contribution in [-0.2, 0) is 0 Å². The van der Waals surface area contributed by atoms with Crippen LogP contribution in [0.1, 0.15) is 2.85 Å². The molecule has 0 unspecified atom stereocenters. The molecule has 0 aliphatic heterocycles. The minimum absolute atomic E-state index is 0. The zero-order chi connectivity index (χ0) is 5.98. The quantitative estimate of drug-likeness (QED) is 0.566. The molecule has 0 atom stereocenters. The molecule has 0 saturated carbocycles. The predicted molar refractivity (Wildman–Crippen MR) is 42.1 cm³/mol. The van der Waals surface area contributed by atoms with E-state index in [1.54, 1.807) is 18.2 Å². The van der Waals surface area contributed by atoms with Gasteiger partial charge in [0.1, 0.15) is 5.82 Å². The van der Waals surface area contributed by atoms with Crippen molar-refractivity contribution in [2.45, 2.75) is 0 Å². The van der Waals surface area contributed by atoms with Crippen LogP contribution in [0.15, 0.2) is 28.7 Å². The number of hydrogen-bond donors (Lipinski definition) is 0. The van der Waals surface area contributed by atoms with Crippen LogP contribution in [0.4, 0.5) is 4.39 Å². The molecule has 46 valence electrons. The van der Waals surface area contributed by atoms with Gasteiger partial charge in [-0.05, 0) is 28.1 Å². The second kappa shape index (κ2) is 4.25. The molecule has 0 fully saturated rings. The second-order valence-electron chi connectivity index (χ2n) is 1.41. The fourth-order valence-electron chi connectivity index (χ4n) is 0.439. The van der Waals surface area contributed by atoms with Gasteiger partial charge in [-0.1, -0.05) is 12.1 Å². The Morgan fingerprint density at radius 3 is 2.22 bits per heavy atom. The van der Waals surface area contributed by atoms with Crippen molar-refractivity contribution in [1.82, 2.24) is 0 Å². The van der Waals surface area contributed by atoms with Gasteiger partial charge in [0.25, 0.3) is 0 Å². The van der Waals surface area contributed by atoms with Crippen molar-refractivity contribution in [3.63, 3.8) is 0 Å². The average Bonchev–Trinajstić information content (AvgIpc) is 1.77. The summed E-state index contributed by atoms with van der Waals surface area (Å²) in [6, 6.07) is 6.49. The maximum Gasteiger partial charge on any atom is 2.00 e. The van der Waals surface area contributed by atoms with E-state index in [4.69, 9.17) is 0 Å².